The SMILES string of the molecule is CCOc1cc(C(C)=O)cc(C)c1Cl. The van der Waals surface area contributed by atoms with Gasteiger partial charge in [0.25, 0.3) is 0 Å². The van der Waals surface area contributed by atoms with E-state index in [2.05, 4.69) is 0 Å². The highest BCUT2D eigenvalue weighted by Gasteiger charge is 2.09. The third-order valence-corrected chi connectivity index (χ3v) is 2.41. The predicted molar refractivity (Wildman–Crippen MR) is 57.4 cm³/mol. The molecule has 0 saturated heterocycles. The van der Waals surface area contributed by atoms with E-state index in [1.807, 2.05) is 13.8 Å². The Morgan fingerprint density at radius 3 is 2.64 bits per heavy atom. The molecule has 0 bridgehead atoms. The summed E-state index contributed by atoms with van der Waals surface area (Å²) in [6.07, 6.45) is 0. The highest BCUT2D eigenvalue weighted by molar-refractivity contribution is 6.33. The first kappa shape index (κ1) is 11.1. The Morgan fingerprint density at radius 1 is 1.50 bits per heavy atom. The molecule has 76 valence electrons. The lowest BCUT2D eigenvalue weighted by Gasteiger charge is -2.09. The summed E-state index contributed by atoms with van der Waals surface area (Å²) in [5, 5.41) is 0.580. The van der Waals surface area contributed by atoms with Gasteiger partial charge in [0.1, 0.15) is 5.75 Å². The van der Waals surface area contributed by atoms with Gasteiger partial charge >= 0.3 is 0 Å². The molecule has 0 N–H and O–H groups in total. The van der Waals surface area contributed by atoms with Crippen molar-refractivity contribution in [3.05, 3.63) is 28.3 Å². The smallest absolute Gasteiger partial charge is 0.159 e. The van der Waals surface area contributed by atoms with E-state index < -0.39 is 0 Å². The first-order valence-corrected chi connectivity index (χ1v) is 4.88. The summed E-state index contributed by atoms with van der Waals surface area (Å²) in [6, 6.07) is 3.45. The van der Waals surface area contributed by atoms with Crippen LogP contribution in [0.4, 0.5) is 0 Å². The summed E-state index contributed by atoms with van der Waals surface area (Å²) in [7, 11) is 0. The van der Waals surface area contributed by atoms with Crippen LogP contribution in [0.1, 0.15) is 29.8 Å². The van der Waals surface area contributed by atoms with Crippen LogP contribution in [0.5, 0.6) is 5.75 Å². The highest BCUT2D eigenvalue weighted by atomic mass is 35.5. The molecule has 3 heteroatoms. The van der Waals surface area contributed by atoms with Crippen LogP contribution in [0, 0.1) is 6.92 Å². The lowest BCUT2D eigenvalue weighted by atomic mass is 10.1. The number of hydrogen-bond acceptors (Lipinski definition) is 2. The topological polar surface area (TPSA) is 26.3 Å². The molecule has 1 rings (SSSR count). The summed E-state index contributed by atoms with van der Waals surface area (Å²) in [5.41, 5.74) is 1.50. The molecule has 0 aliphatic heterocycles. The molecule has 0 saturated carbocycles. The van der Waals surface area contributed by atoms with E-state index in [-0.39, 0.29) is 5.78 Å². The van der Waals surface area contributed by atoms with Crippen molar-refractivity contribution in [3.63, 3.8) is 0 Å². The number of benzene rings is 1. The molecule has 1 aromatic rings. The standard InChI is InChI=1S/C11H13ClO2/c1-4-14-10-6-9(8(3)13)5-7(2)11(10)12/h5-6H,4H2,1-3H3. The van der Waals surface area contributed by atoms with Gasteiger partial charge in [-0.2, -0.15) is 0 Å². The summed E-state index contributed by atoms with van der Waals surface area (Å²) in [6.45, 7) is 5.81. The number of ketones is 1. The van der Waals surface area contributed by atoms with Gasteiger partial charge in [0.05, 0.1) is 11.6 Å². The number of hydrogen-bond donors (Lipinski definition) is 0. The first-order valence-electron chi connectivity index (χ1n) is 4.50. The van der Waals surface area contributed by atoms with Crippen LogP contribution in [-0.4, -0.2) is 12.4 Å². The second-order valence-corrected chi connectivity index (χ2v) is 3.47. The average molecular weight is 213 g/mol. The zero-order valence-corrected chi connectivity index (χ0v) is 9.31. The highest BCUT2D eigenvalue weighted by Crippen LogP contribution is 2.29. The quantitative estimate of drug-likeness (QED) is 0.719. The van der Waals surface area contributed by atoms with Crippen LogP contribution in [-0.2, 0) is 0 Å². The van der Waals surface area contributed by atoms with E-state index in [0.717, 1.165) is 5.56 Å². The van der Waals surface area contributed by atoms with E-state index >= 15 is 0 Å². The average Bonchev–Trinajstić information content (AvgIpc) is 2.12. The van der Waals surface area contributed by atoms with Crippen molar-refractivity contribution >= 4 is 17.4 Å². The van der Waals surface area contributed by atoms with Crippen LogP contribution in [0.2, 0.25) is 5.02 Å². The Labute approximate surface area is 88.8 Å². The molecule has 0 aliphatic carbocycles. The minimum absolute atomic E-state index is 0.0192. The van der Waals surface area contributed by atoms with Gasteiger partial charge < -0.3 is 4.74 Å². The molecule has 0 unspecified atom stereocenters. The fourth-order valence-corrected chi connectivity index (χ4v) is 1.36. The summed E-state index contributed by atoms with van der Waals surface area (Å²) >= 11 is 6.01. The molecular weight excluding hydrogens is 200 g/mol. The van der Waals surface area contributed by atoms with Gasteiger partial charge in [0, 0.05) is 5.56 Å². The monoisotopic (exact) mass is 212 g/mol. The maximum Gasteiger partial charge on any atom is 0.159 e. The second-order valence-electron chi connectivity index (χ2n) is 3.09. The zero-order chi connectivity index (χ0) is 10.7. The molecule has 0 amide bonds. The van der Waals surface area contributed by atoms with Crippen molar-refractivity contribution in [1.82, 2.24) is 0 Å². The Balaban J connectivity index is 3.20. The van der Waals surface area contributed by atoms with E-state index in [9.17, 15) is 4.79 Å². The summed E-state index contributed by atoms with van der Waals surface area (Å²) in [4.78, 5) is 11.2. The van der Waals surface area contributed by atoms with Gasteiger partial charge in [-0.25, -0.2) is 0 Å². The van der Waals surface area contributed by atoms with Gasteiger partial charge in [0.2, 0.25) is 0 Å². The number of carbonyl (C=O) groups is 1. The molecule has 0 aromatic heterocycles. The van der Waals surface area contributed by atoms with Crippen LogP contribution in [0.15, 0.2) is 12.1 Å². The van der Waals surface area contributed by atoms with Gasteiger partial charge in [-0.3, -0.25) is 4.79 Å². The fraction of sp³-hybridized carbons (Fsp3) is 0.364. The Hall–Kier alpha value is -1.02. The molecule has 1 aromatic carbocycles. The normalized spacial score (nSPS) is 10.0. The van der Waals surface area contributed by atoms with E-state index in [1.54, 1.807) is 12.1 Å². The number of rotatable bonds is 3. The molecule has 14 heavy (non-hydrogen) atoms. The summed E-state index contributed by atoms with van der Waals surface area (Å²) < 4.78 is 5.32. The van der Waals surface area contributed by atoms with E-state index in [4.69, 9.17) is 16.3 Å². The second kappa shape index (κ2) is 4.47. The maximum absolute atomic E-state index is 11.2. The molecule has 0 radical (unpaired) electrons. The van der Waals surface area contributed by atoms with Crippen molar-refractivity contribution < 1.29 is 9.53 Å². The third kappa shape index (κ3) is 2.26. The number of Topliss-reactive ketones (excluding diaryl/α,β-unsaturated/α-hetero) is 1. The third-order valence-electron chi connectivity index (χ3n) is 1.93. The van der Waals surface area contributed by atoms with Gasteiger partial charge in [-0.05, 0) is 38.5 Å². The lowest BCUT2D eigenvalue weighted by Crippen LogP contribution is -1.98. The molecule has 0 fully saturated rings. The molecule has 0 spiro atoms. The van der Waals surface area contributed by atoms with E-state index in [0.29, 0.717) is 22.9 Å². The van der Waals surface area contributed by atoms with Gasteiger partial charge in [0.15, 0.2) is 5.78 Å². The zero-order valence-electron chi connectivity index (χ0n) is 8.56. The minimum Gasteiger partial charge on any atom is -0.492 e. The van der Waals surface area contributed by atoms with Crippen molar-refractivity contribution in [2.75, 3.05) is 6.61 Å². The number of carbonyl (C=O) groups excluding carboxylic acids is 1. The van der Waals surface area contributed by atoms with Crippen molar-refractivity contribution in [3.8, 4) is 5.75 Å². The Bertz CT molecular complexity index is 359. The van der Waals surface area contributed by atoms with Crippen LogP contribution in [0.3, 0.4) is 0 Å². The predicted octanol–water partition coefficient (Wildman–Crippen LogP) is 3.25. The van der Waals surface area contributed by atoms with Gasteiger partial charge in [-0.1, -0.05) is 11.6 Å². The van der Waals surface area contributed by atoms with Crippen molar-refractivity contribution in [2.24, 2.45) is 0 Å². The molecule has 0 atom stereocenters. The van der Waals surface area contributed by atoms with Gasteiger partial charge in [-0.15, -0.1) is 0 Å². The first-order chi connectivity index (χ1) is 6.56. The minimum atomic E-state index is 0.0192. The van der Waals surface area contributed by atoms with Crippen LogP contribution in [0.25, 0.3) is 0 Å². The Morgan fingerprint density at radius 2 is 2.14 bits per heavy atom. The summed E-state index contributed by atoms with van der Waals surface area (Å²) in [5.74, 6) is 0.602. The fourth-order valence-electron chi connectivity index (χ4n) is 1.20. The number of halogens is 1. The Kier molecular flexibility index (Phi) is 3.53. The number of aryl methyl sites for hydroxylation is 1. The number of ether oxygens (including phenoxy) is 1. The van der Waals surface area contributed by atoms with Crippen molar-refractivity contribution in [1.29, 1.82) is 0 Å². The van der Waals surface area contributed by atoms with Crippen LogP contribution < -0.4 is 4.74 Å². The lowest BCUT2D eigenvalue weighted by molar-refractivity contribution is 0.101. The molecule has 0 aliphatic rings. The molecule has 0 heterocycles. The molecular formula is C11H13ClO2. The van der Waals surface area contributed by atoms with Crippen molar-refractivity contribution in [2.45, 2.75) is 20.8 Å². The maximum atomic E-state index is 11.2. The van der Waals surface area contributed by atoms with Crippen LogP contribution >= 0.6 is 11.6 Å². The molecule has 2 nitrogen and oxygen atoms in total. The largest absolute Gasteiger partial charge is 0.492 e. The van der Waals surface area contributed by atoms with E-state index in [1.165, 1.54) is 6.92 Å².